The number of pyridine rings is 1. The quantitative estimate of drug-likeness (QED) is 0.740. The highest BCUT2D eigenvalue weighted by Gasteiger charge is 2.03. The summed E-state index contributed by atoms with van der Waals surface area (Å²) in [4.78, 5) is 4.40. The fourth-order valence-electron chi connectivity index (χ4n) is 1.53. The van der Waals surface area contributed by atoms with Crippen molar-refractivity contribution in [1.82, 2.24) is 9.55 Å². The lowest BCUT2D eigenvalue weighted by Crippen LogP contribution is -2.00. The van der Waals surface area contributed by atoms with Crippen molar-refractivity contribution >= 4 is 22.6 Å². The minimum atomic E-state index is 0.991. The van der Waals surface area contributed by atoms with Crippen LogP contribution in [-0.4, -0.2) is 9.55 Å². The van der Waals surface area contributed by atoms with Gasteiger partial charge >= 0.3 is 0 Å². The topological polar surface area (TPSA) is 17.8 Å². The second kappa shape index (κ2) is 3.73. The molecule has 2 aromatic rings. The smallest absolute Gasteiger partial charge is 0.137 e. The van der Waals surface area contributed by atoms with Gasteiger partial charge in [0.25, 0.3) is 0 Å². The average molecular weight is 298 g/mol. The van der Waals surface area contributed by atoms with Crippen molar-refractivity contribution < 1.29 is 0 Å². The van der Waals surface area contributed by atoms with Crippen LogP contribution in [0.15, 0.2) is 30.5 Å². The van der Waals surface area contributed by atoms with Crippen LogP contribution in [0.4, 0.5) is 0 Å². The molecular weight excluding hydrogens is 287 g/mol. The Morgan fingerprint density at radius 3 is 2.21 bits per heavy atom. The van der Waals surface area contributed by atoms with Gasteiger partial charge in [-0.3, -0.25) is 0 Å². The first kappa shape index (κ1) is 9.71. The molecule has 72 valence electrons. The maximum atomic E-state index is 4.40. The van der Waals surface area contributed by atoms with Gasteiger partial charge in [-0.1, -0.05) is 0 Å². The molecule has 0 aliphatic heterocycles. The number of halogens is 1. The number of hydrogen-bond donors (Lipinski definition) is 0. The highest BCUT2D eigenvalue weighted by molar-refractivity contribution is 14.1. The molecule has 0 fully saturated rings. The maximum Gasteiger partial charge on any atom is 0.137 e. The van der Waals surface area contributed by atoms with Gasteiger partial charge in [-0.05, 0) is 60.7 Å². The molecule has 2 rings (SSSR count). The van der Waals surface area contributed by atoms with Crippen molar-refractivity contribution in [3.05, 3.63) is 45.4 Å². The van der Waals surface area contributed by atoms with Crippen LogP contribution in [0.3, 0.4) is 0 Å². The predicted octanol–water partition coefficient (Wildman–Crippen LogP) is 3.09. The fourth-order valence-corrected chi connectivity index (χ4v) is 1.85. The summed E-state index contributed by atoms with van der Waals surface area (Å²) in [5.41, 5.74) is 2.44. The SMILES string of the molecule is Cc1ccc(C)n1-c1ccc(I)cn1. The lowest BCUT2D eigenvalue weighted by Gasteiger charge is -2.07. The van der Waals surface area contributed by atoms with Crippen LogP contribution in [0.1, 0.15) is 11.4 Å². The lowest BCUT2D eigenvalue weighted by atomic mass is 10.4. The summed E-state index contributed by atoms with van der Waals surface area (Å²) in [7, 11) is 0. The first-order valence-electron chi connectivity index (χ1n) is 4.45. The Kier molecular flexibility index (Phi) is 2.58. The maximum absolute atomic E-state index is 4.40. The van der Waals surface area contributed by atoms with E-state index in [-0.39, 0.29) is 0 Å². The summed E-state index contributed by atoms with van der Waals surface area (Å²) in [6.45, 7) is 4.18. The van der Waals surface area contributed by atoms with E-state index >= 15 is 0 Å². The molecule has 2 heterocycles. The summed E-state index contributed by atoms with van der Waals surface area (Å²) in [5.74, 6) is 0.991. The minimum Gasteiger partial charge on any atom is -0.303 e. The molecule has 0 spiro atoms. The van der Waals surface area contributed by atoms with Crippen LogP contribution in [0, 0.1) is 17.4 Å². The highest BCUT2D eigenvalue weighted by atomic mass is 127. The molecule has 0 N–H and O–H groups in total. The molecule has 14 heavy (non-hydrogen) atoms. The number of rotatable bonds is 1. The summed E-state index contributed by atoms with van der Waals surface area (Å²) in [5, 5.41) is 0. The largest absolute Gasteiger partial charge is 0.303 e. The normalized spacial score (nSPS) is 10.5. The number of aromatic nitrogens is 2. The molecule has 2 nitrogen and oxygen atoms in total. The summed E-state index contributed by atoms with van der Waals surface area (Å²) < 4.78 is 3.31. The molecule has 0 radical (unpaired) electrons. The number of nitrogens with zero attached hydrogens (tertiary/aromatic N) is 2. The second-order valence-electron chi connectivity index (χ2n) is 3.29. The zero-order chi connectivity index (χ0) is 10.1. The molecule has 0 unspecified atom stereocenters. The van der Waals surface area contributed by atoms with Crippen LogP contribution < -0.4 is 0 Å². The van der Waals surface area contributed by atoms with Gasteiger partial charge in [-0.2, -0.15) is 0 Å². The van der Waals surface area contributed by atoms with E-state index in [1.165, 1.54) is 11.4 Å². The molecule has 0 aliphatic rings. The van der Waals surface area contributed by atoms with Crippen molar-refractivity contribution in [3.63, 3.8) is 0 Å². The number of aryl methyl sites for hydroxylation is 2. The van der Waals surface area contributed by atoms with E-state index in [0.717, 1.165) is 9.39 Å². The van der Waals surface area contributed by atoms with Gasteiger partial charge in [-0.15, -0.1) is 0 Å². The summed E-state index contributed by atoms with van der Waals surface area (Å²) >= 11 is 2.26. The Bertz CT molecular complexity index is 423. The highest BCUT2D eigenvalue weighted by Crippen LogP contribution is 2.14. The van der Waals surface area contributed by atoms with E-state index in [4.69, 9.17) is 0 Å². The average Bonchev–Trinajstić information content (AvgIpc) is 2.49. The monoisotopic (exact) mass is 298 g/mol. The molecule has 0 aromatic carbocycles. The van der Waals surface area contributed by atoms with Gasteiger partial charge in [-0.25, -0.2) is 4.98 Å². The summed E-state index contributed by atoms with van der Waals surface area (Å²) in [6.07, 6.45) is 1.88. The molecular formula is C11H11IN2. The Labute approximate surface area is 97.1 Å². The molecule has 0 amide bonds. The van der Waals surface area contributed by atoms with E-state index in [1.54, 1.807) is 0 Å². The van der Waals surface area contributed by atoms with Crippen LogP contribution in [0.25, 0.3) is 5.82 Å². The van der Waals surface area contributed by atoms with Gasteiger partial charge in [0, 0.05) is 21.2 Å². The fraction of sp³-hybridized carbons (Fsp3) is 0.182. The molecule has 0 saturated carbocycles. The van der Waals surface area contributed by atoms with E-state index < -0.39 is 0 Å². The standard InChI is InChI=1S/C11H11IN2/c1-8-3-4-9(2)14(8)11-6-5-10(12)7-13-11/h3-7H,1-2H3. The molecule has 0 atom stereocenters. The van der Waals surface area contributed by atoms with Crippen molar-refractivity contribution in [1.29, 1.82) is 0 Å². The molecule has 3 heteroatoms. The van der Waals surface area contributed by atoms with Crippen LogP contribution >= 0.6 is 22.6 Å². The second-order valence-corrected chi connectivity index (χ2v) is 4.53. The molecule has 0 bridgehead atoms. The Morgan fingerprint density at radius 1 is 1.07 bits per heavy atom. The molecule has 0 saturated heterocycles. The first-order valence-corrected chi connectivity index (χ1v) is 5.53. The van der Waals surface area contributed by atoms with E-state index in [0.29, 0.717) is 0 Å². The Balaban J connectivity index is 2.54. The first-order chi connectivity index (χ1) is 6.68. The van der Waals surface area contributed by atoms with Crippen molar-refractivity contribution in [3.8, 4) is 5.82 Å². The Hall–Kier alpha value is -0.840. The van der Waals surface area contributed by atoms with Crippen molar-refractivity contribution in [2.45, 2.75) is 13.8 Å². The third-order valence-electron chi connectivity index (χ3n) is 2.21. The van der Waals surface area contributed by atoms with Gasteiger partial charge < -0.3 is 4.57 Å². The van der Waals surface area contributed by atoms with Gasteiger partial charge in [0.15, 0.2) is 0 Å². The third kappa shape index (κ3) is 1.68. The number of hydrogen-bond acceptors (Lipinski definition) is 1. The molecule has 2 aromatic heterocycles. The van der Waals surface area contributed by atoms with E-state index in [1.807, 2.05) is 12.3 Å². The van der Waals surface area contributed by atoms with Gasteiger partial charge in [0.2, 0.25) is 0 Å². The van der Waals surface area contributed by atoms with Crippen LogP contribution in [0.2, 0.25) is 0 Å². The third-order valence-corrected chi connectivity index (χ3v) is 2.85. The Morgan fingerprint density at radius 2 is 1.71 bits per heavy atom. The van der Waals surface area contributed by atoms with Gasteiger partial charge in [0.1, 0.15) is 5.82 Å². The zero-order valence-corrected chi connectivity index (χ0v) is 10.3. The van der Waals surface area contributed by atoms with Gasteiger partial charge in [0.05, 0.1) is 0 Å². The van der Waals surface area contributed by atoms with Crippen molar-refractivity contribution in [2.24, 2.45) is 0 Å². The minimum absolute atomic E-state index is 0.991. The zero-order valence-electron chi connectivity index (χ0n) is 8.16. The summed E-state index contributed by atoms with van der Waals surface area (Å²) in [6, 6.07) is 8.33. The lowest BCUT2D eigenvalue weighted by molar-refractivity contribution is 0.921. The van der Waals surface area contributed by atoms with E-state index in [9.17, 15) is 0 Å². The van der Waals surface area contributed by atoms with Crippen LogP contribution in [0.5, 0.6) is 0 Å². The van der Waals surface area contributed by atoms with E-state index in [2.05, 4.69) is 64.2 Å². The molecule has 0 aliphatic carbocycles. The van der Waals surface area contributed by atoms with Crippen LogP contribution in [-0.2, 0) is 0 Å². The van der Waals surface area contributed by atoms with Crippen molar-refractivity contribution in [2.75, 3.05) is 0 Å². The predicted molar refractivity (Wildman–Crippen MR) is 65.8 cm³/mol.